The molecule has 14 heavy (non-hydrogen) atoms. The molecule has 0 spiro atoms. The maximum absolute atomic E-state index is 11.1. The summed E-state index contributed by atoms with van der Waals surface area (Å²) in [6, 6.07) is 6.79. The maximum atomic E-state index is 11.1. The average molecular weight is 211 g/mol. The topological polar surface area (TPSA) is 49.3 Å². The molecule has 76 valence electrons. The van der Waals surface area contributed by atoms with Crippen molar-refractivity contribution >= 4 is 17.7 Å². The van der Waals surface area contributed by atoms with Crippen molar-refractivity contribution in [2.24, 2.45) is 0 Å². The highest BCUT2D eigenvalue weighted by Crippen LogP contribution is 2.09. The number of thioether (sulfide) groups is 1. The van der Waals surface area contributed by atoms with Gasteiger partial charge in [-0.2, -0.15) is 11.8 Å². The molecule has 0 unspecified atom stereocenters. The van der Waals surface area contributed by atoms with Crippen LogP contribution in [-0.4, -0.2) is 23.0 Å². The fourth-order valence-corrected chi connectivity index (χ4v) is 1.36. The van der Waals surface area contributed by atoms with Gasteiger partial charge < -0.3 is 10.4 Å². The molecule has 0 saturated heterocycles. The van der Waals surface area contributed by atoms with Gasteiger partial charge in [0.2, 0.25) is 5.91 Å². The Hall–Kier alpha value is -1.16. The number of phenols is 1. The van der Waals surface area contributed by atoms with E-state index in [9.17, 15) is 4.79 Å². The third-order valence-electron chi connectivity index (χ3n) is 1.70. The first-order valence-electron chi connectivity index (χ1n) is 4.26. The van der Waals surface area contributed by atoms with Gasteiger partial charge in [0.25, 0.3) is 0 Å². The Labute approximate surface area is 87.5 Å². The van der Waals surface area contributed by atoms with Gasteiger partial charge in [0.05, 0.1) is 5.75 Å². The molecule has 1 aromatic carbocycles. The van der Waals surface area contributed by atoms with Crippen LogP contribution in [0.2, 0.25) is 0 Å². The number of carbonyl (C=O) groups excluding carboxylic acids is 1. The molecule has 0 aliphatic rings. The number of rotatable bonds is 4. The summed E-state index contributed by atoms with van der Waals surface area (Å²) in [5.41, 5.74) is 0.984. The van der Waals surface area contributed by atoms with Crippen LogP contribution in [0.5, 0.6) is 5.75 Å². The number of hydrogen-bond acceptors (Lipinski definition) is 3. The fourth-order valence-electron chi connectivity index (χ4n) is 0.997. The molecule has 0 aliphatic heterocycles. The van der Waals surface area contributed by atoms with E-state index in [1.165, 1.54) is 11.8 Å². The minimum atomic E-state index is 0.0329. The van der Waals surface area contributed by atoms with Crippen LogP contribution in [0.25, 0.3) is 0 Å². The lowest BCUT2D eigenvalue weighted by Gasteiger charge is -2.03. The summed E-state index contributed by atoms with van der Waals surface area (Å²) in [5, 5.41) is 11.8. The standard InChI is InChI=1S/C10H13NO2S/c1-14-7-10(13)11-6-8-2-4-9(12)5-3-8/h2-5,12H,6-7H2,1H3,(H,11,13). The van der Waals surface area contributed by atoms with Crippen LogP contribution < -0.4 is 5.32 Å². The fraction of sp³-hybridized carbons (Fsp3) is 0.300. The number of benzene rings is 1. The first-order valence-corrected chi connectivity index (χ1v) is 5.65. The van der Waals surface area contributed by atoms with Gasteiger partial charge in [-0.05, 0) is 24.0 Å². The molecule has 1 aromatic rings. The van der Waals surface area contributed by atoms with Crippen LogP contribution in [-0.2, 0) is 11.3 Å². The van der Waals surface area contributed by atoms with E-state index in [2.05, 4.69) is 5.32 Å². The third kappa shape index (κ3) is 3.70. The molecule has 4 heteroatoms. The predicted octanol–water partition coefficient (Wildman–Crippen LogP) is 1.37. The minimum Gasteiger partial charge on any atom is -0.508 e. The molecule has 2 N–H and O–H groups in total. The largest absolute Gasteiger partial charge is 0.508 e. The van der Waals surface area contributed by atoms with Gasteiger partial charge in [-0.25, -0.2) is 0 Å². The van der Waals surface area contributed by atoms with Gasteiger partial charge in [-0.1, -0.05) is 12.1 Å². The number of nitrogens with one attached hydrogen (secondary N) is 1. The summed E-state index contributed by atoms with van der Waals surface area (Å²) >= 11 is 1.50. The van der Waals surface area contributed by atoms with E-state index in [4.69, 9.17) is 5.11 Å². The van der Waals surface area contributed by atoms with E-state index >= 15 is 0 Å². The highest BCUT2D eigenvalue weighted by Gasteiger charge is 1.99. The smallest absolute Gasteiger partial charge is 0.230 e. The summed E-state index contributed by atoms with van der Waals surface area (Å²) in [6.45, 7) is 0.514. The van der Waals surface area contributed by atoms with Crippen LogP contribution in [0.3, 0.4) is 0 Å². The van der Waals surface area contributed by atoms with Gasteiger partial charge >= 0.3 is 0 Å². The van der Waals surface area contributed by atoms with Crippen LogP contribution >= 0.6 is 11.8 Å². The zero-order valence-electron chi connectivity index (χ0n) is 7.99. The minimum absolute atomic E-state index is 0.0329. The number of phenolic OH excluding ortho intramolecular Hbond substituents is 1. The van der Waals surface area contributed by atoms with Crippen molar-refractivity contribution in [3.8, 4) is 5.75 Å². The van der Waals surface area contributed by atoms with E-state index in [1.54, 1.807) is 24.3 Å². The summed E-state index contributed by atoms with van der Waals surface area (Å²) in [5.74, 6) is 0.757. The lowest BCUT2D eigenvalue weighted by molar-refractivity contribution is -0.118. The molecule has 0 saturated carbocycles. The van der Waals surface area contributed by atoms with E-state index in [1.807, 2.05) is 6.26 Å². The van der Waals surface area contributed by atoms with Crippen molar-refractivity contribution in [3.63, 3.8) is 0 Å². The Kier molecular flexibility index (Phi) is 4.32. The zero-order chi connectivity index (χ0) is 10.4. The Bertz CT molecular complexity index is 297. The van der Waals surface area contributed by atoms with Crippen LogP contribution in [0.1, 0.15) is 5.56 Å². The number of hydrogen-bond donors (Lipinski definition) is 2. The number of amides is 1. The highest BCUT2D eigenvalue weighted by molar-refractivity contribution is 7.99. The molecule has 0 atom stereocenters. The second kappa shape index (κ2) is 5.54. The van der Waals surface area contributed by atoms with E-state index in [0.717, 1.165) is 5.56 Å². The van der Waals surface area contributed by atoms with Gasteiger partial charge in [0.1, 0.15) is 5.75 Å². The highest BCUT2D eigenvalue weighted by atomic mass is 32.2. The quantitative estimate of drug-likeness (QED) is 0.791. The van der Waals surface area contributed by atoms with Crippen LogP contribution in [0.15, 0.2) is 24.3 Å². The summed E-state index contributed by atoms with van der Waals surface area (Å²) in [6.07, 6.45) is 1.89. The summed E-state index contributed by atoms with van der Waals surface area (Å²) < 4.78 is 0. The van der Waals surface area contributed by atoms with Gasteiger partial charge in [-0.15, -0.1) is 0 Å². The average Bonchev–Trinajstić information content (AvgIpc) is 2.17. The zero-order valence-corrected chi connectivity index (χ0v) is 8.80. The first kappa shape index (κ1) is 10.9. The molecular weight excluding hydrogens is 198 g/mol. The third-order valence-corrected chi connectivity index (χ3v) is 2.25. The molecule has 0 aliphatic carbocycles. The molecule has 0 bridgehead atoms. The Morgan fingerprint density at radius 3 is 2.64 bits per heavy atom. The molecule has 0 aromatic heterocycles. The second-order valence-electron chi connectivity index (χ2n) is 2.88. The Balaban J connectivity index is 2.38. The predicted molar refractivity (Wildman–Crippen MR) is 58.3 cm³/mol. The summed E-state index contributed by atoms with van der Waals surface area (Å²) in [7, 11) is 0. The van der Waals surface area contributed by atoms with E-state index < -0.39 is 0 Å². The molecule has 1 rings (SSSR count). The normalized spacial score (nSPS) is 9.79. The molecule has 0 radical (unpaired) electrons. The monoisotopic (exact) mass is 211 g/mol. The van der Waals surface area contributed by atoms with Gasteiger partial charge in [0.15, 0.2) is 0 Å². The van der Waals surface area contributed by atoms with E-state index in [0.29, 0.717) is 12.3 Å². The summed E-state index contributed by atoms with van der Waals surface area (Å²) in [4.78, 5) is 11.1. The second-order valence-corrected chi connectivity index (χ2v) is 3.74. The van der Waals surface area contributed by atoms with Crippen molar-refractivity contribution in [2.75, 3.05) is 12.0 Å². The van der Waals surface area contributed by atoms with E-state index in [-0.39, 0.29) is 11.7 Å². The lowest BCUT2D eigenvalue weighted by atomic mass is 10.2. The number of aromatic hydroxyl groups is 1. The van der Waals surface area contributed by atoms with Gasteiger partial charge in [-0.3, -0.25) is 4.79 Å². The molecule has 0 fully saturated rings. The maximum Gasteiger partial charge on any atom is 0.230 e. The SMILES string of the molecule is CSCC(=O)NCc1ccc(O)cc1. The first-order chi connectivity index (χ1) is 6.72. The molecule has 0 heterocycles. The van der Waals surface area contributed by atoms with Crippen molar-refractivity contribution in [2.45, 2.75) is 6.54 Å². The molecule has 1 amide bonds. The van der Waals surface area contributed by atoms with Crippen molar-refractivity contribution in [1.82, 2.24) is 5.32 Å². The van der Waals surface area contributed by atoms with Crippen molar-refractivity contribution < 1.29 is 9.90 Å². The Morgan fingerprint density at radius 2 is 2.07 bits per heavy atom. The van der Waals surface area contributed by atoms with Crippen molar-refractivity contribution in [3.05, 3.63) is 29.8 Å². The number of carbonyl (C=O) groups is 1. The van der Waals surface area contributed by atoms with Gasteiger partial charge in [0, 0.05) is 6.54 Å². The lowest BCUT2D eigenvalue weighted by Crippen LogP contribution is -2.24. The Morgan fingerprint density at radius 1 is 1.43 bits per heavy atom. The van der Waals surface area contributed by atoms with Crippen LogP contribution in [0, 0.1) is 0 Å². The molecular formula is C10H13NO2S. The van der Waals surface area contributed by atoms with Crippen LogP contribution in [0.4, 0.5) is 0 Å². The van der Waals surface area contributed by atoms with Crippen molar-refractivity contribution in [1.29, 1.82) is 0 Å². The molecule has 3 nitrogen and oxygen atoms in total.